The standard InChI is InChI=1S/C41H45NO8/c1-23(44)49-22-34-32-14-13-30-31(12-11-26-16-29(45)18-37(48-3)38(26)30)40(32)50-41(34)33-19-36(47-2)35(46)17-28(33)20-42-39(25-8-4-5-9-25)27-10-6-7-24(15-27)21-43/h6-7,10,13-19,25,34,39,41-43,45-46H,4-5,8-9,11-12,20-22H2,1-3H3. The first-order chi connectivity index (χ1) is 24.3. The van der Waals surface area contributed by atoms with Crippen molar-refractivity contribution < 1.29 is 39.1 Å². The van der Waals surface area contributed by atoms with Gasteiger partial charge in [-0.05, 0) is 77.6 Å². The van der Waals surface area contributed by atoms with Gasteiger partial charge >= 0.3 is 5.97 Å². The van der Waals surface area contributed by atoms with Crippen LogP contribution in [0.1, 0.15) is 89.6 Å². The molecule has 1 saturated carbocycles. The number of fused-ring (bicyclic) bond motifs is 5. The number of ether oxygens (including phenoxy) is 4. The van der Waals surface area contributed by atoms with Crippen LogP contribution in [0, 0.1) is 5.92 Å². The summed E-state index contributed by atoms with van der Waals surface area (Å²) in [5.41, 5.74) is 8.64. The molecule has 3 aliphatic rings. The molecule has 0 aromatic heterocycles. The molecule has 3 atom stereocenters. The molecule has 1 aliphatic heterocycles. The quantitative estimate of drug-likeness (QED) is 0.122. The number of rotatable bonds is 11. The normalized spacial score (nSPS) is 18.5. The van der Waals surface area contributed by atoms with Crippen molar-refractivity contribution in [3.8, 4) is 39.9 Å². The predicted octanol–water partition coefficient (Wildman–Crippen LogP) is 7.17. The van der Waals surface area contributed by atoms with E-state index in [9.17, 15) is 20.1 Å². The number of aryl methyl sites for hydroxylation is 1. The van der Waals surface area contributed by atoms with Crippen LogP contribution in [-0.2, 0) is 35.5 Å². The number of hydrogen-bond donors (Lipinski definition) is 4. The number of phenolic OH excluding ortho intramolecular Hbond substituents is 2. The van der Waals surface area contributed by atoms with Crippen LogP contribution in [0.15, 0.2) is 60.7 Å². The monoisotopic (exact) mass is 679 g/mol. The minimum Gasteiger partial charge on any atom is -0.508 e. The summed E-state index contributed by atoms with van der Waals surface area (Å²) in [5.74, 6) is 1.65. The summed E-state index contributed by atoms with van der Waals surface area (Å²) in [6, 6.07) is 19.3. The van der Waals surface area contributed by atoms with E-state index in [0.717, 1.165) is 68.7 Å². The van der Waals surface area contributed by atoms with Gasteiger partial charge in [0.15, 0.2) is 11.5 Å². The van der Waals surface area contributed by atoms with Crippen molar-refractivity contribution in [1.82, 2.24) is 5.32 Å². The molecule has 0 spiro atoms. The fourth-order valence-electron chi connectivity index (χ4n) is 8.34. The van der Waals surface area contributed by atoms with Crippen LogP contribution in [0.5, 0.6) is 28.7 Å². The molecule has 9 nitrogen and oxygen atoms in total. The van der Waals surface area contributed by atoms with Gasteiger partial charge < -0.3 is 39.6 Å². The van der Waals surface area contributed by atoms with Crippen LogP contribution < -0.4 is 19.5 Å². The fraction of sp³-hybridized carbons (Fsp3) is 0.390. The van der Waals surface area contributed by atoms with Crippen molar-refractivity contribution in [2.75, 3.05) is 20.8 Å². The second-order valence-electron chi connectivity index (χ2n) is 13.7. The smallest absolute Gasteiger partial charge is 0.302 e. The molecule has 0 bridgehead atoms. The first kappa shape index (κ1) is 33.8. The molecule has 3 unspecified atom stereocenters. The zero-order valence-electron chi connectivity index (χ0n) is 28.8. The average Bonchev–Trinajstić information content (AvgIpc) is 3.79. The Hall–Kier alpha value is -4.73. The molecule has 4 aromatic carbocycles. The number of carbonyl (C=O) groups excluding carboxylic acids is 1. The number of nitrogens with one attached hydrogen (secondary N) is 1. The third kappa shape index (κ3) is 6.36. The molecule has 1 heterocycles. The number of phenols is 2. The van der Waals surface area contributed by atoms with E-state index in [1.54, 1.807) is 25.3 Å². The number of carbonyl (C=O) groups is 1. The Morgan fingerprint density at radius 1 is 0.960 bits per heavy atom. The number of aliphatic hydroxyl groups is 1. The van der Waals surface area contributed by atoms with Gasteiger partial charge in [-0.25, -0.2) is 0 Å². The zero-order chi connectivity index (χ0) is 34.9. The van der Waals surface area contributed by atoms with Gasteiger partial charge in [-0.15, -0.1) is 0 Å². The maximum atomic E-state index is 12.1. The second kappa shape index (κ2) is 14.2. The van der Waals surface area contributed by atoms with E-state index < -0.39 is 6.10 Å². The maximum Gasteiger partial charge on any atom is 0.302 e. The molecule has 0 saturated heterocycles. The van der Waals surface area contributed by atoms with E-state index in [1.807, 2.05) is 24.3 Å². The van der Waals surface area contributed by atoms with Gasteiger partial charge in [0.2, 0.25) is 0 Å². The van der Waals surface area contributed by atoms with Gasteiger partial charge in [0.1, 0.15) is 30.0 Å². The lowest BCUT2D eigenvalue weighted by atomic mass is 9.81. The highest BCUT2D eigenvalue weighted by molar-refractivity contribution is 5.82. The molecule has 4 N–H and O–H groups in total. The molecule has 2 aliphatic carbocycles. The Kier molecular flexibility index (Phi) is 9.62. The molecule has 50 heavy (non-hydrogen) atoms. The minimum atomic E-state index is -0.534. The lowest BCUT2D eigenvalue weighted by Gasteiger charge is -2.28. The Balaban J connectivity index is 1.29. The maximum absolute atomic E-state index is 12.1. The van der Waals surface area contributed by atoms with Crippen molar-refractivity contribution in [3.05, 3.63) is 99.6 Å². The lowest BCUT2D eigenvalue weighted by molar-refractivity contribution is -0.141. The van der Waals surface area contributed by atoms with Crippen molar-refractivity contribution in [1.29, 1.82) is 0 Å². The largest absolute Gasteiger partial charge is 0.508 e. The number of aliphatic hydroxyl groups excluding tert-OH is 1. The number of esters is 1. The molecule has 9 heteroatoms. The third-order valence-electron chi connectivity index (χ3n) is 10.7. The van der Waals surface area contributed by atoms with E-state index in [-0.39, 0.29) is 42.6 Å². The summed E-state index contributed by atoms with van der Waals surface area (Å²) < 4.78 is 24.0. The van der Waals surface area contributed by atoms with E-state index >= 15 is 0 Å². The Labute approximate surface area is 292 Å². The molecule has 4 aromatic rings. The highest BCUT2D eigenvalue weighted by atomic mass is 16.5. The van der Waals surface area contributed by atoms with Crippen molar-refractivity contribution in [2.24, 2.45) is 5.92 Å². The van der Waals surface area contributed by atoms with Gasteiger partial charge in [-0.2, -0.15) is 0 Å². The van der Waals surface area contributed by atoms with Crippen LogP contribution in [-0.4, -0.2) is 42.1 Å². The third-order valence-corrected chi connectivity index (χ3v) is 10.7. The number of aromatic hydroxyl groups is 2. The summed E-state index contributed by atoms with van der Waals surface area (Å²) in [4.78, 5) is 12.1. The molecule has 7 rings (SSSR count). The van der Waals surface area contributed by atoms with Crippen LogP contribution in [0.25, 0.3) is 11.1 Å². The summed E-state index contributed by atoms with van der Waals surface area (Å²) in [6.07, 6.45) is 5.48. The van der Waals surface area contributed by atoms with Crippen molar-refractivity contribution in [2.45, 2.75) is 76.7 Å². The first-order valence-electron chi connectivity index (χ1n) is 17.5. The minimum absolute atomic E-state index is 0.0183. The Morgan fingerprint density at radius 2 is 1.76 bits per heavy atom. The molecular weight excluding hydrogens is 634 g/mol. The van der Waals surface area contributed by atoms with Crippen molar-refractivity contribution >= 4 is 5.97 Å². The van der Waals surface area contributed by atoms with Gasteiger partial charge in [-0.3, -0.25) is 4.79 Å². The molecule has 262 valence electrons. The highest BCUT2D eigenvalue weighted by Gasteiger charge is 2.41. The average molecular weight is 680 g/mol. The summed E-state index contributed by atoms with van der Waals surface area (Å²) in [5, 5.41) is 35.1. The fourth-order valence-corrected chi connectivity index (χ4v) is 8.34. The Morgan fingerprint density at radius 3 is 2.50 bits per heavy atom. The second-order valence-corrected chi connectivity index (χ2v) is 13.7. The van der Waals surface area contributed by atoms with E-state index in [1.165, 1.54) is 26.9 Å². The van der Waals surface area contributed by atoms with Gasteiger partial charge in [-0.1, -0.05) is 49.2 Å². The predicted molar refractivity (Wildman–Crippen MR) is 189 cm³/mol. The van der Waals surface area contributed by atoms with Gasteiger partial charge in [0, 0.05) is 47.8 Å². The molecular formula is C41H45NO8. The van der Waals surface area contributed by atoms with Crippen LogP contribution in [0.4, 0.5) is 0 Å². The van der Waals surface area contributed by atoms with Crippen LogP contribution >= 0.6 is 0 Å². The van der Waals surface area contributed by atoms with Crippen molar-refractivity contribution in [3.63, 3.8) is 0 Å². The van der Waals surface area contributed by atoms with Gasteiger partial charge in [0.25, 0.3) is 0 Å². The first-order valence-corrected chi connectivity index (χ1v) is 17.5. The molecule has 0 radical (unpaired) electrons. The SMILES string of the molecule is COc1cc(C2Oc3c(ccc4c3CCc3cc(O)cc(OC)c3-4)C2COC(C)=O)c(CNC(c2cccc(CO)c2)C2CCCC2)cc1O. The zero-order valence-corrected chi connectivity index (χ0v) is 28.8. The summed E-state index contributed by atoms with van der Waals surface area (Å²) in [7, 11) is 3.13. The number of hydrogen-bond acceptors (Lipinski definition) is 9. The van der Waals surface area contributed by atoms with Gasteiger partial charge in [0.05, 0.1) is 26.7 Å². The number of methoxy groups -OCH3 is 2. The molecule has 1 fully saturated rings. The van der Waals surface area contributed by atoms with E-state index in [2.05, 4.69) is 23.5 Å². The van der Waals surface area contributed by atoms with Crippen LogP contribution in [0.2, 0.25) is 0 Å². The summed E-state index contributed by atoms with van der Waals surface area (Å²) in [6.45, 7) is 1.95. The van der Waals surface area contributed by atoms with Crippen LogP contribution in [0.3, 0.4) is 0 Å². The summed E-state index contributed by atoms with van der Waals surface area (Å²) >= 11 is 0. The molecule has 0 amide bonds. The van der Waals surface area contributed by atoms with E-state index in [0.29, 0.717) is 36.8 Å². The Bertz CT molecular complexity index is 1880. The number of benzene rings is 4. The topological polar surface area (TPSA) is 127 Å². The van der Waals surface area contributed by atoms with E-state index in [4.69, 9.17) is 18.9 Å². The highest BCUT2D eigenvalue weighted by Crippen LogP contribution is 2.54. The lowest BCUT2D eigenvalue weighted by Crippen LogP contribution is -2.28.